The number of rotatable bonds is 8. The number of nitrogens with one attached hydrogen (secondary N) is 1. The van der Waals surface area contributed by atoms with E-state index in [9.17, 15) is 14.9 Å². The van der Waals surface area contributed by atoms with Crippen LogP contribution in [0.4, 0.5) is 5.69 Å². The molecular weight excluding hydrogens is 280 g/mol. The van der Waals surface area contributed by atoms with Crippen molar-refractivity contribution in [3.05, 3.63) is 28.3 Å². The summed E-state index contributed by atoms with van der Waals surface area (Å²) >= 11 is 0. The van der Waals surface area contributed by atoms with Gasteiger partial charge in [0.2, 0.25) is 0 Å². The Labute approximate surface area is 122 Å². The lowest BCUT2D eigenvalue weighted by atomic mass is 10.2. The molecule has 0 fully saturated rings. The summed E-state index contributed by atoms with van der Waals surface area (Å²) in [6.07, 6.45) is 0.326. The molecule has 0 aliphatic heterocycles. The number of carbonyl (C=O) groups excluding carboxylic acids is 1. The number of ether oxygens (including phenoxy) is 3. The number of hydrogen-bond donors (Lipinski definition) is 1. The molecule has 1 atom stereocenters. The van der Waals surface area contributed by atoms with E-state index in [2.05, 4.69) is 10.1 Å². The maximum atomic E-state index is 11.4. The summed E-state index contributed by atoms with van der Waals surface area (Å²) < 4.78 is 14.9. The van der Waals surface area contributed by atoms with Crippen LogP contribution < -0.4 is 14.8 Å². The number of nitro benzene ring substituents is 1. The third kappa shape index (κ3) is 4.60. The molecule has 1 N–H and O–H groups in total. The zero-order chi connectivity index (χ0) is 15.8. The van der Waals surface area contributed by atoms with Crippen LogP contribution in [0.15, 0.2) is 18.2 Å². The fourth-order valence-corrected chi connectivity index (χ4v) is 1.70. The molecule has 0 aliphatic carbocycles. The highest BCUT2D eigenvalue weighted by molar-refractivity contribution is 5.75. The third-order valence-electron chi connectivity index (χ3n) is 2.86. The van der Waals surface area contributed by atoms with E-state index in [1.807, 2.05) is 0 Å². The summed E-state index contributed by atoms with van der Waals surface area (Å²) in [5, 5.41) is 13.8. The van der Waals surface area contributed by atoms with Crippen LogP contribution in [0, 0.1) is 10.1 Å². The lowest BCUT2D eigenvalue weighted by Crippen LogP contribution is -2.36. The van der Waals surface area contributed by atoms with Crippen LogP contribution in [0.25, 0.3) is 0 Å². The van der Waals surface area contributed by atoms with Gasteiger partial charge >= 0.3 is 11.7 Å². The molecule has 0 saturated carbocycles. The lowest BCUT2D eigenvalue weighted by Gasteiger charge is -2.14. The Balaban J connectivity index is 2.71. The first-order valence-electron chi connectivity index (χ1n) is 6.23. The highest BCUT2D eigenvalue weighted by Gasteiger charge is 2.19. The van der Waals surface area contributed by atoms with Gasteiger partial charge in [-0.3, -0.25) is 14.9 Å². The lowest BCUT2D eigenvalue weighted by molar-refractivity contribution is -0.385. The zero-order valence-electron chi connectivity index (χ0n) is 12.1. The van der Waals surface area contributed by atoms with Gasteiger partial charge < -0.3 is 19.5 Å². The Bertz CT molecular complexity index is 505. The summed E-state index contributed by atoms with van der Waals surface area (Å²) in [4.78, 5) is 21.8. The predicted octanol–water partition coefficient (Wildman–Crippen LogP) is 1.13. The number of benzene rings is 1. The second-order valence-electron chi connectivity index (χ2n) is 4.09. The van der Waals surface area contributed by atoms with Crippen molar-refractivity contribution in [3.8, 4) is 11.5 Å². The molecule has 1 aromatic rings. The SMILES string of the molecule is CNC(CCOc1ccc(OC)cc1[N+](=O)[O-])C(=O)OC. The van der Waals surface area contributed by atoms with Crippen LogP contribution in [-0.2, 0) is 9.53 Å². The molecule has 21 heavy (non-hydrogen) atoms. The van der Waals surface area contributed by atoms with E-state index in [4.69, 9.17) is 9.47 Å². The minimum absolute atomic E-state index is 0.125. The van der Waals surface area contributed by atoms with Gasteiger partial charge in [0.1, 0.15) is 11.8 Å². The Kier molecular flexibility index (Phi) is 6.41. The second kappa shape index (κ2) is 8.05. The summed E-state index contributed by atoms with van der Waals surface area (Å²) in [7, 11) is 4.34. The maximum absolute atomic E-state index is 11.4. The van der Waals surface area contributed by atoms with Gasteiger partial charge in [-0.1, -0.05) is 0 Å². The van der Waals surface area contributed by atoms with Crippen molar-refractivity contribution in [2.24, 2.45) is 0 Å². The quantitative estimate of drug-likeness (QED) is 0.436. The van der Waals surface area contributed by atoms with Crippen molar-refractivity contribution in [2.75, 3.05) is 27.9 Å². The van der Waals surface area contributed by atoms with Gasteiger partial charge in [-0.15, -0.1) is 0 Å². The number of nitro groups is 1. The number of esters is 1. The summed E-state index contributed by atoms with van der Waals surface area (Å²) in [6.45, 7) is 0.133. The fourth-order valence-electron chi connectivity index (χ4n) is 1.70. The van der Waals surface area contributed by atoms with Crippen LogP contribution in [0.3, 0.4) is 0 Å². The zero-order valence-corrected chi connectivity index (χ0v) is 12.1. The van der Waals surface area contributed by atoms with Crippen molar-refractivity contribution in [3.63, 3.8) is 0 Å². The molecule has 0 heterocycles. The molecule has 8 heteroatoms. The van der Waals surface area contributed by atoms with Crippen molar-refractivity contribution >= 4 is 11.7 Å². The summed E-state index contributed by atoms with van der Waals surface area (Å²) in [5.74, 6) is 0.0857. The fraction of sp³-hybridized carbons (Fsp3) is 0.462. The largest absolute Gasteiger partial charge is 0.496 e. The van der Waals surface area contributed by atoms with Gasteiger partial charge in [0.25, 0.3) is 0 Å². The molecule has 0 spiro atoms. The molecular formula is C13H18N2O6. The predicted molar refractivity (Wildman–Crippen MR) is 74.6 cm³/mol. The van der Waals surface area contributed by atoms with Crippen LogP contribution in [0.5, 0.6) is 11.5 Å². The summed E-state index contributed by atoms with van der Waals surface area (Å²) in [6, 6.07) is 3.79. The maximum Gasteiger partial charge on any atom is 0.322 e. The molecule has 0 radical (unpaired) electrons. The van der Waals surface area contributed by atoms with E-state index in [0.717, 1.165) is 0 Å². The highest BCUT2D eigenvalue weighted by atomic mass is 16.6. The first-order valence-corrected chi connectivity index (χ1v) is 6.23. The molecule has 0 aliphatic rings. The van der Waals surface area contributed by atoms with E-state index in [0.29, 0.717) is 12.2 Å². The van der Waals surface area contributed by atoms with Gasteiger partial charge in [0, 0.05) is 6.42 Å². The van der Waals surface area contributed by atoms with Crippen LogP contribution in [0.2, 0.25) is 0 Å². The van der Waals surface area contributed by atoms with E-state index in [-0.39, 0.29) is 18.0 Å². The molecule has 1 rings (SSSR count). The average molecular weight is 298 g/mol. The third-order valence-corrected chi connectivity index (χ3v) is 2.86. The normalized spacial score (nSPS) is 11.6. The number of likely N-dealkylation sites (N-methyl/N-ethyl adjacent to an activating group) is 1. The van der Waals surface area contributed by atoms with Gasteiger partial charge in [0.15, 0.2) is 5.75 Å². The van der Waals surface area contributed by atoms with Crippen molar-refractivity contribution in [1.29, 1.82) is 0 Å². The number of methoxy groups -OCH3 is 2. The Hall–Kier alpha value is -2.35. The molecule has 8 nitrogen and oxygen atoms in total. The Morgan fingerprint density at radius 3 is 2.67 bits per heavy atom. The van der Waals surface area contributed by atoms with Gasteiger partial charge in [0.05, 0.1) is 31.8 Å². The molecule has 1 unspecified atom stereocenters. The number of hydrogen-bond acceptors (Lipinski definition) is 7. The van der Waals surface area contributed by atoms with Gasteiger partial charge in [-0.2, -0.15) is 0 Å². The van der Waals surface area contributed by atoms with E-state index in [1.165, 1.54) is 26.4 Å². The van der Waals surface area contributed by atoms with Crippen LogP contribution in [-0.4, -0.2) is 44.8 Å². The Morgan fingerprint density at radius 2 is 2.14 bits per heavy atom. The van der Waals surface area contributed by atoms with Crippen molar-refractivity contribution in [2.45, 2.75) is 12.5 Å². The first kappa shape index (κ1) is 16.7. The molecule has 0 saturated heterocycles. The Morgan fingerprint density at radius 1 is 1.43 bits per heavy atom. The topological polar surface area (TPSA) is 99.9 Å². The second-order valence-corrected chi connectivity index (χ2v) is 4.09. The monoisotopic (exact) mass is 298 g/mol. The highest BCUT2D eigenvalue weighted by Crippen LogP contribution is 2.31. The molecule has 1 aromatic carbocycles. The van der Waals surface area contributed by atoms with Crippen molar-refractivity contribution in [1.82, 2.24) is 5.32 Å². The van der Waals surface area contributed by atoms with E-state index in [1.54, 1.807) is 13.1 Å². The minimum atomic E-state index is -0.548. The van der Waals surface area contributed by atoms with Gasteiger partial charge in [-0.05, 0) is 19.2 Å². The molecule has 0 bridgehead atoms. The van der Waals surface area contributed by atoms with E-state index >= 15 is 0 Å². The van der Waals surface area contributed by atoms with E-state index < -0.39 is 16.9 Å². The molecule has 0 aromatic heterocycles. The molecule has 0 amide bonds. The van der Waals surface area contributed by atoms with Crippen molar-refractivity contribution < 1.29 is 23.9 Å². The minimum Gasteiger partial charge on any atom is -0.496 e. The smallest absolute Gasteiger partial charge is 0.322 e. The first-order chi connectivity index (χ1) is 10.0. The summed E-state index contributed by atoms with van der Waals surface area (Å²) in [5.41, 5.74) is -0.187. The molecule has 116 valence electrons. The van der Waals surface area contributed by atoms with Crippen LogP contribution in [0.1, 0.15) is 6.42 Å². The van der Waals surface area contributed by atoms with Crippen LogP contribution >= 0.6 is 0 Å². The average Bonchev–Trinajstić information content (AvgIpc) is 2.50. The number of carbonyl (C=O) groups is 1. The van der Waals surface area contributed by atoms with Gasteiger partial charge in [-0.25, -0.2) is 0 Å². The standard InChI is InChI=1S/C13H18N2O6/c1-14-10(13(16)20-3)6-7-21-12-5-4-9(19-2)8-11(12)15(17)18/h4-5,8,10,14H,6-7H2,1-3H3. The number of nitrogens with zero attached hydrogens (tertiary/aromatic N) is 1.